The van der Waals surface area contributed by atoms with Crippen LogP contribution < -0.4 is 5.32 Å². The summed E-state index contributed by atoms with van der Waals surface area (Å²) < 4.78 is 34.0. The number of fused-ring (bicyclic) bond motifs is 1. The molecule has 0 bridgehead atoms. The Morgan fingerprint density at radius 3 is 2.41 bits per heavy atom. The average Bonchev–Trinajstić information content (AvgIpc) is 2.79. The van der Waals surface area contributed by atoms with Crippen LogP contribution in [-0.4, -0.2) is 62.3 Å². The molecule has 9 heteroatoms. The molecular weight excluding hydrogens is 430 g/mol. The van der Waals surface area contributed by atoms with Crippen LogP contribution in [0.3, 0.4) is 0 Å². The van der Waals surface area contributed by atoms with E-state index < -0.39 is 16.1 Å². The highest BCUT2D eigenvalue weighted by molar-refractivity contribution is 7.89. The van der Waals surface area contributed by atoms with Gasteiger partial charge in [0.05, 0.1) is 24.2 Å². The van der Waals surface area contributed by atoms with Gasteiger partial charge in [0.2, 0.25) is 21.8 Å². The molecule has 0 aliphatic carbocycles. The van der Waals surface area contributed by atoms with Crippen LogP contribution in [0, 0.1) is 0 Å². The summed E-state index contributed by atoms with van der Waals surface area (Å²) in [5.74, 6) is -0.300. The van der Waals surface area contributed by atoms with E-state index in [1.807, 2.05) is 24.3 Å². The zero-order chi connectivity index (χ0) is 22.7. The molecule has 170 valence electrons. The molecule has 1 fully saturated rings. The number of rotatable bonds is 5. The van der Waals surface area contributed by atoms with E-state index in [1.54, 1.807) is 17.0 Å². The fourth-order valence-electron chi connectivity index (χ4n) is 4.28. The summed E-state index contributed by atoms with van der Waals surface area (Å²) in [5, 5.41) is 2.64. The van der Waals surface area contributed by atoms with E-state index in [4.69, 9.17) is 4.74 Å². The molecule has 1 N–H and O–H groups in total. The quantitative estimate of drug-likeness (QED) is 0.743. The van der Waals surface area contributed by atoms with Gasteiger partial charge in [0.1, 0.15) is 0 Å². The summed E-state index contributed by atoms with van der Waals surface area (Å²) >= 11 is 0. The zero-order valence-corrected chi connectivity index (χ0v) is 18.8. The lowest BCUT2D eigenvalue weighted by Gasteiger charge is -2.37. The van der Waals surface area contributed by atoms with E-state index in [-0.39, 0.29) is 23.1 Å². The summed E-state index contributed by atoms with van der Waals surface area (Å²) in [5.41, 5.74) is 2.47. The molecule has 0 saturated carbocycles. The SMILES string of the molecule is CC(=O)Nc1ccc(S(=O)(=O)N2CCc3ccccc3[C@@H]2CC(=O)N2CCOCC2)cc1. The first-order valence-corrected chi connectivity index (χ1v) is 12.1. The van der Waals surface area contributed by atoms with Crippen molar-refractivity contribution in [3.63, 3.8) is 0 Å². The van der Waals surface area contributed by atoms with Crippen molar-refractivity contribution in [2.45, 2.75) is 30.7 Å². The lowest BCUT2D eigenvalue weighted by molar-refractivity contribution is -0.136. The first-order valence-electron chi connectivity index (χ1n) is 10.7. The Morgan fingerprint density at radius 2 is 1.72 bits per heavy atom. The second kappa shape index (κ2) is 9.40. The van der Waals surface area contributed by atoms with Gasteiger partial charge in [0.15, 0.2) is 0 Å². The Bertz CT molecular complexity index is 1090. The lowest BCUT2D eigenvalue weighted by Crippen LogP contribution is -2.45. The number of sulfonamides is 1. The van der Waals surface area contributed by atoms with Crippen LogP contribution in [0.2, 0.25) is 0 Å². The third-order valence-corrected chi connectivity index (χ3v) is 7.80. The second-order valence-electron chi connectivity index (χ2n) is 7.98. The predicted molar refractivity (Wildman–Crippen MR) is 120 cm³/mol. The van der Waals surface area contributed by atoms with Gasteiger partial charge in [0.25, 0.3) is 0 Å². The summed E-state index contributed by atoms with van der Waals surface area (Å²) in [6.07, 6.45) is 0.668. The third-order valence-electron chi connectivity index (χ3n) is 5.88. The maximum atomic E-state index is 13.6. The van der Waals surface area contributed by atoms with E-state index >= 15 is 0 Å². The van der Waals surface area contributed by atoms with Crippen molar-refractivity contribution < 1.29 is 22.7 Å². The number of hydrogen-bond acceptors (Lipinski definition) is 5. The molecule has 32 heavy (non-hydrogen) atoms. The Kier molecular flexibility index (Phi) is 6.59. The van der Waals surface area contributed by atoms with Gasteiger partial charge in [0, 0.05) is 38.7 Å². The summed E-state index contributed by atoms with van der Waals surface area (Å²) in [7, 11) is -3.85. The van der Waals surface area contributed by atoms with Crippen molar-refractivity contribution in [3.05, 3.63) is 59.7 Å². The number of ether oxygens (including phenoxy) is 1. The number of hydrogen-bond donors (Lipinski definition) is 1. The van der Waals surface area contributed by atoms with E-state index in [2.05, 4.69) is 5.32 Å². The fourth-order valence-corrected chi connectivity index (χ4v) is 5.89. The van der Waals surface area contributed by atoms with E-state index in [9.17, 15) is 18.0 Å². The first-order chi connectivity index (χ1) is 15.4. The zero-order valence-electron chi connectivity index (χ0n) is 18.0. The Morgan fingerprint density at radius 1 is 1.03 bits per heavy atom. The van der Waals surface area contributed by atoms with Gasteiger partial charge in [-0.05, 0) is 41.8 Å². The van der Waals surface area contributed by atoms with Crippen LogP contribution >= 0.6 is 0 Å². The topological polar surface area (TPSA) is 96.0 Å². The highest BCUT2D eigenvalue weighted by atomic mass is 32.2. The molecule has 2 aromatic carbocycles. The molecular formula is C23H27N3O5S. The van der Waals surface area contributed by atoms with Crippen LogP contribution in [0.1, 0.15) is 30.5 Å². The number of nitrogens with zero attached hydrogens (tertiary/aromatic N) is 2. The molecule has 2 heterocycles. The fraction of sp³-hybridized carbons (Fsp3) is 0.391. The number of amides is 2. The number of carbonyl (C=O) groups is 2. The molecule has 0 aromatic heterocycles. The summed E-state index contributed by atoms with van der Waals surface area (Å²) in [4.78, 5) is 26.2. The van der Waals surface area contributed by atoms with E-state index in [1.165, 1.54) is 23.4 Å². The smallest absolute Gasteiger partial charge is 0.243 e. The van der Waals surface area contributed by atoms with E-state index in [0.717, 1.165) is 11.1 Å². The van der Waals surface area contributed by atoms with Gasteiger partial charge >= 0.3 is 0 Å². The van der Waals surface area contributed by atoms with Crippen molar-refractivity contribution in [1.29, 1.82) is 0 Å². The van der Waals surface area contributed by atoms with E-state index in [0.29, 0.717) is 45.0 Å². The predicted octanol–water partition coefficient (Wildman–Crippen LogP) is 2.18. The molecule has 4 rings (SSSR count). The summed E-state index contributed by atoms with van der Waals surface area (Å²) in [6, 6.07) is 13.3. The molecule has 2 aliphatic rings. The van der Waals surface area contributed by atoms with Crippen molar-refractivity contribution in [3.8, 4) is 0 Å². The van der Waals surface area contributed by atoms with Crippen LogP contribution in [0.5, 0.6) is 0 Å². The second-order valence-corrected chi connectivity index (χ2v) is 9.87. The Balaban J connectivity index is 1.64. The summed E-state index contributed by atoms with van der Waals surface area (Å²) in [6.45, 7) is 3.72. The minimum atomic E-state index is -3.85. The standard InChI is InChI=1S/C23H27N3O5S/c1-17(27)24-19-6-8-20(9-7-19)32(29,30)26-11-10-18-4-2-3-5-21(18)22(26)16-23(28)25-12-14-31-15-13-25/h2-9,22H,10-16H2,1H3,(H,24,27)/t22-/m0/s1. The molecule has 0 radical (unpaired) electrons. The number of nitrogens with one attached hydrogen (secondary N) is 1. The Hall–Kier alpha value is -2.75. The minimum absolute atomic E-state index is 0.0730. The van der Waals surface area contributed by atoms with Crippen LogP contribution in [0.15, 0.2) is 53.4 Å². The number of anilines is 1. The van der Waals surface area contributed by atoms with Crippen molar-refractivity contribution in [1.82, 2.24) is 9.21 Å². The van der Waals surface area contributed by atoms with Crippen molar-refractivity contribution in [2.24, 2.45) is 0 Å². The average molecular weight is 458 g/mol. The monoisotopic (exact) mass is 457 g/mol. The number of benzene rings is 2. The molecule has 2 aliphatic heterocycles. The third kappa shape index (κ3) is 4.69. The molecule has 0 spiro atoms. The van der Waals surface area contributed by atoms with Crippen molar-refractivity contribution in [2.75, 3.05) is 38.2 Å². The van der Waals surface area contributed by atoms with Crippen LogP contribution in [0.25, 0.3) is 0 Å². The normalized spacial score (nSPS) is 19.3. The lowest BCUT2D eigenvalue weighted by atomic mass is 9.92. The van der Waals surface area contributed by atoms with Gasteiger partial charge in [-0.3, -0.25) is 9.59 Å². The van der Waals surface area contributed by atoms with Gasteiger partial charge < -0.3 is 15.0 Å². The first kappa shape index (κ1) is 22.4. The molecule has 2 amide bonds. The number of carbonyl (C=O) groups excluding carboxylic acids is 2. The van der Waals surface area contributed by atoms with Crippen LogP contribution in [-0.2, 0) is 30.8 Å². The number of morpholine rings is 1. The molecule has 1 atom stereocenters. The van der Waals surface area contributed by atoms with Gasteiger partial charge in [-0.2, -0.15) is 4.31 Å². The minimum Gasteiger partial charge on any atom is -0.378 e. The molecule has 1 saturated heterocycles. The molecule has 2 aromatic rings. The molecule has 0 unspecified atom stereocenters. The largest absolute Gasteiger partial charge is 0.378 e. The highest BCUT2D eigenvalue weighted by Gasteiger charge is 2.38. The highest BCUT2D eigenvalue weighted by Crippen LogP contribution is 2.37. The van der Waals surface area contributed by atoms with Crippen LogP contribution in [0.4, 0.5) is 5.69 Å². The maximum Gasteiger partial charge on any atom is 0.243 e. The van der Waals surface area contributed by atoms with Gasteiger partial charge in [-0.1, -0.05) is 24.3 Å². The van der Waals surface area contributed by atoms with Gasteiger partial charge in [-0.25, -0.2) is 8.42 Å². The Labute approximate surface area is 188 Å². The maximum absolute atomic E-state index is 13.6. The van der Waals surface area contributed by atoms with Gasteiger partial charge in [-0.15, -0.1) is 0 Å². The molecule has 8 nitrogen and oxygen atoms in total. The van der Waals surface area contributed by atoms with Crippen molar-refractivity contribution >= 4 is 27.5 Å².